The van der Waals surface area contributed by atoms with Crippen LogP contribution in [0.25, 0.3) is 0 Å². The molecule has 0 rings (SSSR count). The van der Waals surface area contributed by atoms with E-state index in [1.54, 1.807) is 0 Å². The van der Waals surface area contributed by atoms with E-state index in [2.05, 4.69) is 60.9 Å². The zero-order chi connectivity index (χ0) is 44.7. The van der Waals surface area contributed by atoms with Gasteiger partial charge in [-0.2, -0.15) is 0 Å². The first-order chi connectivity index (χ1) is 29.8. The zero-order valence-corrected chi connectivity index (χ0v) is 39.4. The molecule has 0 heterocycles. The van der Waals surface area contributed by atoms with Gasteiger partial charge in [-0.1, -0.05) is 192 Å². The third-order valence-corrected chi connectivity index (χ3v) is 11.3. The van der Waals surface area contributed by atoms with Crippen molar-refractivity contribution in [3.05, 3.63) is 36.5 Å². The van der Waals surface area contributed by atoms with Gasteiger partial charge in [0, 0.05) is 12.8 Å². The van der Waals surface area contributed by atoms with E-state index in [0.29, 0.717) is 19.3 Å². The van der Waals surface area contributed by atoms with E-state index in [-0.39, 0.29) is 24.5 Å². The highest BCUT2D eigenvalue weighted by molar-refractivity contribution is 5.87. The number of hydrogen-bond acceptors (Lipinski definition) is 6. The molecule has 0 aliphatic carbocycles. The number of carbonyl (C=O) groups is 4. The molecule has 0 spiro atoms. The van der Waals surface area contributed by atoms with Crippen LogP contribution < -0.4 is 10.6 Å². The van der Waals surface area contributed by atoms with Crippen molar-refractivity contribution in [3.8, 4) is 0 Å². The summed E-state index contributed by atoms with van der Waals surface area (Å²) < 4.78 is 5.95. The molecule has 0 aromatic carbocycles. The van der Waals surface area contributed by atoms with Crippen molar-refractivity contribution in [2.45, 2.75) is 257 Å². The molecule has 0 radical (unpaired) electrons. The molecule has 0 aromatic rings. The number of allylic oxidation sites excluding steroid dienone is 5. The van der Waals surface area contributed by atoms with E-state index in [9.17, 15) is 19.2 Å². The van der Waals surface area contributed by atoms with Gasteiger partial charge in [-0.15, -0.1) is 0 Å². The summed E-state index contributed by atoms with van der Waals surface area (Å²) in [4.78, 5) is 47.6. The van der Waals surface area contributed by atoms with E-state index in [1.165, 1.54) is 148 Å². The summed E-state index contributed by atoms with van der Waals surface area (Å²) in [5, 5.41) is 22.6. The average molecular weight is 859 g/mol. The Morgan fingerprint density at radius 1 is 0.508 bits per heavy atom. The molecule has 0 bridgehead atoms. The van der Waals surface area contributed by atoms with Crippen molar-refractivity contribution in [1.82, 2.24) is 10.6 Å². The van der Waals surface area contributed by atoms with Gasteiger partial charge in [0.15, 0.2) is 0 Å². The third kappa shape index (κ3) is 43.5. The summed E-state index contributed by atoms with van der Waals surface area (Å²) in [5.41, 5.74) is 0. The fourth-order valence-corrected chi connectivity index (χ4v) is 7.42. The SMILES string of the molecule is CCCCCC/C=C\C/C=C\C(CCCCCCCCC(=O)NCC(=O)NC(CO)C(=O)O)OC(=O)CCCCCCCCCCCCC/C=C\CCCCCCCCCC. The highest BCUT2D eigenvalue weighted by Crippen LogP contribution is 2.17. The van der Waals surface area contributed by atoms with Crippen molar-refractivity contribution < 1.29 is 34.1 Å². The molecular formula is C52H94N2O7. The number of amides is 2. The highest BCUT2D eigenvalue weighted by atomic mass is 16.5. The lowest BCUT2D eigenvalue weighted by Crippen LogP contribution is -2.47. The number of carbonyl (C=O) groups excluding carboxylic acids is 3. The number of unbranched alkanes of at least 4 members (excludes halogenated alkanes) is 28. The molecule has 0 saturated carbocycles. The van der Waals surface area contributed by atoms with Crippen LogP contribution in [-0.4, -0.2) is 59.3 Å². The summed E-state index contributed by atoms with van der Waals surface area (Å²) in [6, 6.07) is -1.38. The number of carboxylic acid groups (broad SMARTS) is 1. The van der Waals surface area contributed by atoms with Crippen LogP contribution >= 0.6 is 0 Å². The normalized spacial score (nSPS) is 12.7. The van der Waals surface area contributed by atoms with E-state index in [0.717, 1.165) is 64.2 Å². The number of rotatable bonds is 46. The molecule has 4 N–H and O–H groups in total. The minimum atomic E-state index is -1.38. The standard InChI is InChI=1S/C52H94N2O7/c1-3-5-7-9-11-13-14-15-16-17-18-19-20-21-22-23-24-25-26-28-30-36-40-44-51(58)61-47(41-37-33-29-27-12-10-8-6-4-2)42-38-34-31-32-35-39-43-49(56)53-45-50(57)54-48(46-55)52(59)60/h17-18,27,29,37,41,47-48,55H,3-16,19-26,28,30-36,38-40,42-46H2,1-2H3,(H,53,56)(H,54,57)(H,59,60)/b18-17-,29-27-,41-37-. The minimum Gasteiger partial charge on any atom is -0.480 e. The number of aliphatic carboxylic acids is 1. The monoisotopic (exact) mass is 859 g/mol. The molecule has 0 aliphatic heterocycles. The van der Waals surface area contributed by atoms with E-state index in [1.807, 2.05) is 0 Å². The Balaban J connectivity index is 4.13. The van der Waals surface area contributed by atoms with Crippen LogP contribution in [0.5, 0.6) is 0 Å². The first-order valence-corrected chi connectivity index (χ1v) is 25.4. The van der Waals surface area contributed by atoms with Crippen LogP contribution in [0.3, 0.4) is 0 Å². The Morgan fingerprint density at radius 3 is 1.43 bits per heavy atom. The molecule has 354 valence electrons. The molecule has 2 atom stereocenters. The Hall–Kier alpha value is -2.94. The zero-order valence-electron chi connectivity index (χ0n) is 39.4. The molecule has 0 fully saturated rings. The van der Waals surface area contributed by atoms with Gasteiger partial charge in [-0.05, 0) is 76.7 Å². The fraction of sp³-hybridized carbons (Fsp3) is 0.808. The third-order valence-electron chi connectivity index (χ3n) is 11.3. The smallest absolute Gasteiger partial charge is 0.328 e. The van der Waals surface area contributed by atoms with Crippen LogP contribution in [0, 0.1) is 0 Å². The first-order valence-electron chi connectivity index (χ1n) is 25.4. The number of carboxylic acids is 1. The van der Waals surface area contributed by atoms with Crippen LogP contribution in [0.15, 0.2) is 36.5 Å². The van der Waals surface area contributed by atoms with Crippen LogP contribution in [0.2, 0.25) is 0 Å². The second-order valence-electron chi connectivity index (χ2n) is 17.3. The van der Waals surface area contributed by atoms with Crippen LogP contribution in [0.1, 0.15) is 245 Å². The topological polar surface area (TPSA) is 142 Å². The van der Waals surface area contributed by atoms with Gasteiger partial charge in [0.2, 0.25) is 11.8 Å². The number of aliphatic hydroxyl groups is 1. The molecule has 61 heavy (non-hydrogen) atoms. The van der Waals surface area contributed by atoms with Gasteiger partial charge in [0.05, 0.1) is 13.2 Å². The Morgan fingerprint density at radius 2 is 0.934 bits per heavy atom. The molecule has 2 amide bonds. The van der Waals surface area contributed by atoms with Crippen molar-refractivity contribution in [2.75, 3.05) is 13.2 Å². The van der Waals surface area contributed by atoms with E-state index < -0.39 is 24.5 Å². The highest BCUT2D eigenvalue weighted by Gasteiger charge is 2.18. The number of hydrogen-bond donors (Lipinski definition) is 4. The molecule has 9 heteroatoms. The molecular weight excluding hydrogens is 765 g/mol. The molecule has 2 unspecified atom stereocenters. The van der Waals surface area contributed by atoms with Crippen molar-refractivity contribution in [3.63, 3.8) is 0 Å². The lowest BCUT2D eigenvalue weighted by atomic mass is 10.0. The number of ether oxygens (including phenoxy) is 1. The Bertz CT molecular complexity index is 1120. The number of nitrogens with one attached hydrogen (secondary N) is 2. The summed E-state index contributed by atoms with van der Waals surface area (Å²) in [6.07, 6.45) is 55.0. The Kier molecular flexibility index (Phi) is 44.3. The van der Waals surface area contributed by atoms with Gasteiger partial charge < -0.3 is 25.6 Å². The van der Waals surface area contributed by atoms with Crippen molar-refractivity contribution >= 4 is 23.8 Å². The predicted molar refractivity (Wildman–Crippen MR) is 255 cm³/mol. The lowest BCUT2D eigenvalue weighted by Gasteiger charge is -2.15. The predicted octanol–water partition coefficient (Wildman–Crippen LogP) is 13.3. The Labute approximate surface area is 374 Å². The van der Waals surface area contributed by atoms with Gasteiger partial charge in [-0.25, -0.2) is 4.79 Å². The van der Waals surface area contributed by atoms with Crippen molar-refractivity contribution in [1.29, 1.82) is 0 Å². The van der Waals surface area contributed by atoms with Gasteiger partial charge in [0.1, 0.15) is 12.1 Å². The minimum absolute atomic E-state index is 0.0917. The van der Waals surface area contributed by atoms with E-state index in [4.69, 9.17) is 14.9 Å². The number of esters is 1. The fourth-order valence-electron chi connectivity index (χ4n) is 7.42. The van der Waals surface area contributed by atoms with Crippen LogP contribution in [-0.2, 0) is 23.9 Å². The largest absolute Gasteiger partial charge is 0.480 e. The maximum atomic E-state index is 12.8. The quantitative estimate of drug-likeness (QED) is 0.0271. The average Bonchev–Trinajstić information content (AvgIpc) is 3.25. The van der Waals surface area contributed by atoms with Gasteiger partial charge in [-0.3, -0.25) is 14.4 Å². The van der Waals surface area contributed by atoms with E-state index >= 15 is 0 Å². The summed E-state index contributed by atoms with van der Waals surface area (Å²) in [6.45, 7) is 3.47. The first kappa shape index (κ1) is 58.1. The molecule has 9 nitrogen and oxygen atoms in total. The lowest BCUT2D eigenvalue weighted by molar-refractivity contribution is -0.147. The second-order valence-corrected chi connectivity index (χ2v) is 17.3. The summed E-state index contributed by atoms with van der Waals surface area (Å²) in [5.74, 6) is -2.34. The second kappa shape index (κ2) is 46.6. The van der Waals surface area contributed by atoms with Crippen molar-refractivity contribution in [2.24, 2.45) is 0 Å². The number of aliphatic hydroxyl groups excluding tert-OH is 1. The maximum absolute atomic E-state index is 12.8. The summed E-state index contributed by atoms with van der Waals surface area (Å²) in [7, 11) is 0. The van der Waals surface area contributed by atoms with Gasteiger partial charge in [0.25, 0.3) is 0 Å². The molecule has 0 aromatic heterocycles. The summed E-state index contributed by atoms with van der Waals surface area (Å²) >= 11 is 0. The van der Waals surface area contributed by atoms with Crippen LogP contribution in [0.4, 0.5) is 0 Å². The molecule has 0 saturated heterocycles. The van der Waals surface area contributed by atoms with Gasteiger partial charge >= 0.3 is 11.9 Å². The maximum Gasteiger partial charge on any atom is 0.328 e. The molecule has 0 aliphatic rings.